The number of carbonyl (C=O) groups excluding carboxylic acids is 1. The Balaban J connectivity index is 1.63. The Bertz CT molecular complexity index is 888. The minimum Gasteiger partial charge on any atom is -0.496 e. The molecule has 29 heavy (non-hydrogen) atoms. The number of amides is 1. The van der Waals surface area contributed by atoms with Crippen LogP contribution < -0.4 is 4.74 Å². The lowest BCUT2D eigenvalue weighted by Crippen LogP contribution is -2.43. The van der Waals surface area contributed by atoms with E-state index in [9.17, 15) is 4.79 Å². The zero-order valence-corrected chi connectivity index (χ0v) is 17.0. The highest BCUT2D eigenvalue weighted by Gasteiger charge is 2.35. The monoisotopic (exact) mass is 393 g/mol. The molecule has 0 aliphatic carbocycles. The number of hydrogen-bond donors (Lipinski definition) is 0. The Morgan fingerprint density at radius 3 is 2.59 bits per heavy atom. The van der Waals surface area contributed by atoms with Gasteiger partial charge in [0.25, 0.3) is 5.91 Å². The molecule has 6 nitrogen and oxygen atoms in total. The number of hydrazone groups is 1. The van der Waals surface area contributed by atoms with E-state index in [4.69, 9.17) is 14.6 Å². The first-order valence-corrected chi connectivity index (χ1v) is 10.1. The molecule has 2 aliphatic rings. The fourth-order valence-corrected chi connectivity index (χ4v) is 3.87. The highest BCUT2D eigenvalue weighted by atomic mass is 16.5. The number of ether oxygens (including phenoxy) is 2. The van der Waals surface area contributed by atoms with Crippen molar-refractivity contribution >= 4 is 11.6 Å². The largest absolute Gasteiger partial charge is 0.496 e. The molecule has 6 heteroatoms. The van der Waals surface area contributed by atoms with Crippen LogP contribution in [0, 0.1) is 6.92 Å². The number of nitrogens with zero attached hydrogens (tertiary/aromatic N) is 3. The number of rotatable bonds is 5. The molecule has 2 aromatic rings. The van der Waals surface area contributed by atoms with Crippen LogP contribution in [0.4, 0.5) is 0 Å². The molecule has 2 aromatic carbocycles. The molecule has 0 radical (unpaired) electrons. The van der Waals surface area contributed by atoms with Gasteiger partial charge in [-0.25, -0.2) is 5.01 Å². The number of methoxy groups -OCH3 is 1. The third-order valence-corrected chi connectivity index (χ3v) is 5.51. The van der Waals surface area contributed by atoms with Gasteiger partial charge >= 0.3 is 0 Å². The normalized spacial score (nSPS) is 19.9. The topological polar surface area (TPSA) is 54.4 Å². The summed E-state index contributed by atoms with van der Waals surface area (Å²) >= 11 is 0. The molecular formula is C23H27N3O3. The summed E-state index contributed by atoms with van der Waals surface area (Å²) in [6, 6.07) is 16.0. The van der Waals surface area contributed by atoms with Crippen molar-refractivity contribution < 1.29 is 14.3 Å². The minimum atomic E-state index is -0.170. The van der Waals surface area contributed by atoms with Gasteiger partial charge in [-0.1, -0.05) is 48.0 Å². The molecular weight excluding hydrogens is 366 g/mol. The van der Waals surface area contributed by atoms with Crippen molar-refractivity contribution in [3.63, 3.8) is 0 Å². The van der Waals surface area contributed by atoms with Gasteiger partial charge in [0.15, 0.2) is 0 Å². The van der Waals surface area contributed by atoms with Gasteiger partial charge in [-0.3, -0.25) is 9.69 Å². The second kappa shape index (κ2) is 8.76. The third-order valence-electron chi connectivity index (χ3n) is 5.51. The van der Waals surface area contributed by atoms with Crippen molar-refractivity contribution in [2.75, 3.05) is 40.0 Å². The van der Waals surface area contributed by atoms with E-state index in [1.807, 2.05) is 24.3 Å². The quantitative estimate of drug-likeness (QED) is 0.784. The second-order valence-electron chi connectivity index (χ2n) is 7.50. The first-order chi connectivity index (χ1) is 14.2. The third kappa shape index (κ3) is 4.33. The average Bonchev–Trinajstić information content (AvgIpc) is 3.20. The summed E-state index contributed by atoms with van der Waals surface area (Å²) in [5, 5.41) is 6.43. The highest BCUT2D eigenvalue weighted by Crippen LogP contribution is 2.37. The molecule has 4 rings (SSSR count). The molecule has 2 aliphatic heterocycles. The molecule has 0 N–H and O–H groups in total. The number of benzene rings is 2. The molecule has 1 amide bonds. The first kappa shape index (κ1) is 19.6. The van der Waals surface area contributed by atoms with Gasteiger partial charge in [0, 0.05) is 25.1 Å². The molecule has 0 bridgehead atoms. The van der Waals surface area contributed by atoms with Gasteiger partial charge in [-0.05, 0) is 18.6 Å². The molecule has 1 fully saturated rings. The van der Waals surface area contributed by atoms with E-state index in [0.29, 0.717) is 26.2 Å². The van der Waals surface area contributed by atoms with Crippen LogP contribution in [0.15, 0.2) is 53.6 Å². The molecule has 1 unspecified atom stereocenters. The van der Waals surface area contributed by atoms with Crippen molar-refractivity contribution in [2.45, 2.75) is 19.4 Å². The highest BCUT2D eigenvalue weighted by molar-refractivity contribution is 6.03. The molecule has 1 saturated heterocycles. The van der Waals surface area contributed by atoms with Gasteiger partial charge < -0.3 is 9.47 Å². The first-order valence-electron chi connectivity index (χ1n) is 10.1. The smallest absolute Gasteiger partial charge is 0.257 e. The van der Waals surface area contributed by atoms with Crippen LogP contribution in [0.3, 0.4) is 0 Å². The van der Waals surface area contributed by atoms with Crippen LogP contribution in [0.2, 0.25) is 0 Å². The Kier molecular flexibility index (Phi) is 5.92. The zero-order valence-electron chi connectivity index (χ0n) is 17.0. The maximum atomic E-state index is 13.2. The molecule has 0 aromatic heterocycles. The van der Waals surface area contributed by atoms with Crippen molar-refractivity contribution in [2.24, 2.45) is 5.10 Å². The standard InChI is InChI=1S/C23H27N3O3/c1-17-7-9-18(10-8-17)20-15-21(19-5-3-4-6-22(19)28-2)26(24-20)23(27)16-25-11-13-29-14-12-25/h3-10,21H,11-16H2,1-2H3. The Morgan fingerprint density at radius 1 is 1.14 bits per heavy atom. The molecule has 1 atom stereocenters. The molecule has 2 heterocycles. The number of aryl methyl sites for hydroxylation is 1. The zero-order chi connectivity index (χ0) is 20.2. The van der Waals surface area contributed by atoms with Crippen LogP contribution in [0.5, 0.6) is 5.75 Å². The van der Waals surface area contributed by atoms with E-state index >= 15 is 0 Å². The predicted molar refractivity (Wildman–Crippen MR) is 112 cm³/mol. The van der Waals surface area contributed by atoms with Gasteiger partial charge in [0.05, 0.1) is 38.6 Å². The molecule has 0 spiro atoms. The number of para-hydroxylation sites is 1. The minimum absolute atomic E-state index is 0.00455. The lowest BCUT2D eigenvalue weighted by Gasteiger charge is -2.29. The average molecular weight is 393 g/mol. The Morgan fingerprint density at radius 2 is 1.86 bits per heavy atom. The Labute approximate surface area is 171 Å². The van der Waals surface area contributed by atoms with Crippen LogP contribution in [0.1, 0.15) is 29.2 Å². The van der Waals surface area contributed by atoms with E-state index in [-0.39, 0.29) is 11.9 Å². The maximum absolute atomic E-state index is 13.2. The van der Waals surface area contributed by atoms with Gasteiger partial charge in [0.1, 0.15) is 5.75 Å². The lowest BCUT2D eigenvalue weighted by atomic mass is 9.97. The summed E-state index contributed by atoms with van der Waals surface area (Å²) < 4.78 is 11.0. The summed E-state index contributed by atoms with van der Waals surface area (Å²) in [6.45, 7) is 5.29. The lowest BCUT2D eigenvalue weighted by molar-refractivity contribution is -0.135. The van der Waals surface area contributed by atoms with Crippen LogP contribution in [-0.2, 0) is 9.53 Å². The Hall–Kier alpha value is -2.70. The summed E-state index contributed by atoms with van der Waals surface area (Å²) in [4.78, 5) is 15.4. The molecule has 0 saturated carbocycles. The van der Waals surface area contributed by atoms with Crippen molar-refractivity contribution in [1.82, 2.24) is 9.91 Å². The van der Waals surface area contributed by atoms with Gasteiger partial charge in [-0.15, -0.1) is 0 Å². The molecule has 152 valence electrons. The van der Waals surface area contributed by atoms with E-state index in [1.165, 1.54) is 5.56 Å². The number of hydrogen-bond acceptors (Lipinski definition) is 5. The number of morpholine rings is 1. The predicted octanol–water partition coefficient (Wildman–Crippen LogP) is 3.01. The van der Waals surface area contributed by atoms with Crippen molar-refractivity contribution in [1.29, 1.82) is 0 Å². The van der Waals surface area contributed by atoms with E-state index in [2.05, 4.69) is 36.1 Å². The van der Waals surface area contributed by atoms with Gasteiger partial charge in [0.2, 0.25) is 0 Å². The summed E-state index contributed by atoms with van der Waals surface area (Å²) in [5.74, 6) is 0.784. The van der Waals surface area contributed by atoms with Crippen molar-refractivity contribution in [3.05, 3.63) is 65.2 Å². The van der Waals surface area contributed by atoms with Crippen LogP contribution in [-0.4, -0.2) is 61.5 Å². The van der Waals surface area contributed by atoms with Crippen LogP contribution in [0.25, 0.3) is 0 Å². The van der Waals surface area contributed by atoms with Crippen molar-refractivity contribution in [3.8, 4) is 5.75 Å². The SMILES string of the molecule is COc1ccccc1C1CC(c2ccc(C)cc2)=NN1C(=O)CN1CCOCC1. The van der Waals surface area contributed by atoms with E-state index < -0.39 is 0 Å². The fourth-order valence-electron chi connectivity index (χ4n) is 3.87. The second-order valence-corrected chi connectivity index (χ2v) is 7.50. The fraction of sp³-hybridized carbons (Fsp3) is 0.391. The maximum Gasteiger partial charge on any atom is 0.257 e. The van der Waals surface area contributed by atoms with E-state index in [0.717, 1.165) is 35.7 Å². The number of carbonyl (C=O) groups is 1. The van der Waals surface area contributed by atoms with E-state index in [1.54, 1.807) is 12.1 Å². The summed E-state index contributed by atoms with van der Waals surface area (Å²) in [7, 11) is 1.66. The van der Waals surface area contributed by atoms with Gasteiger partial charge in [-0.2, -0.15) is 5.10 Å². The summed E-state index contributed by atoms with van der Waals surface area (Å²) in [6.07, 6.45) is 0.665. The van der Waals surface area contributed by atoms with Crippen LogP contribution >= 0.6 is 0 Å². The summed E-state index contributed by atoms with van der Waals surface area (Å²) in [5.41, 5.74) is 4.17.